The number of urea groups is 1. The first-order chi connectivity index (χ1) is 14.7. The molecule has 1 saturated heterocycles. The third-order valence-corrected chi connectivity index (χ3v) is 5.18. The van der Waals surface area contributed by atoms with Crippen molar-refractivity contribution in [2.45, 2.75) is 32.5 Å². The van der Waals surface area contributed by atoms with Gasteiger partial charge in [-0.15, -0.1) is 0 Å². The average molecular weight is 403 g/mol. The molecule has 0 spiro atoms. The van der Waals surface area contributed by atoms with Gasteiger partial charge in [-0.2, -0.15) is 0 Å². The molecule has 2 heterocycles. The number of benzene rings is 2. The molecule has 0 saturated carbocycles. The monoisotopic (exact) mass is 403 g/mol. The van der Waals surface area contributed by atoms with Gasteiger partial charge in [-0.3, -0.25) is 4.79 Å². The van der Waals surface area contributed by atoms with Gasteiger partial charge in [0.1, 0.15) is 5.76 Å². The van der Waals surface area contributed by atoms with Crippen LogP contribution >= 0.6 is 0 Å². The van der Waals surface area contributed by atoms with Gasteiger partial charge in [-0.05, 0) is 41.8 Å². The van der Waals surface area contributed by atoms with Gasteiger partial charge in [-0.1, -0.05) is 42.5 Å². The number of nitrogens with one attached hydrogen (secondary N) is 1. The van der Waals surface area contributed by atoms with E-state index >= 15 is 0 Å². The number of amides is 3. The van der Waals surface area contributed by atoms with Crippen LogP contribution in [0.5, 0.6) is 0 Å². The highest BCUT2D eigenvalue weighted by atomic mass is 16.3. The Hall–Kier alpha value is -3.54. The quantitative estimate of drug-likeness (QED) is 0.625. The van der Waals surface area contributed by atoms with Crippen molar-refractivity contribution >= 4 is 17.6 Å². The molecular weight excluding hydrogens is 378 g/mol. The lowest BCUT2D eigenvalue weighted by Gasteiger charge is -2.22. The van der Waals surface area contributed by atoms with Crippen LogP contribution in [0, 0.1) is 0 Å². The van der Waals surface area contributed by atoms with Gasteiger partial charge in [0, 0.05) is 31.7 Å². The molecule has 2 aromatic carbocycles. The fraction of sp³-hybridized carbons (Fsp3) is 0.250. The van der Waals surface area contributed by atoms with Crippen LogP contribution < -0.4 is 5.32 Å². The summed E-state index contributed by atoms with van der Waals surface area (Å²) in [7, 11) is 0. The zero-order chi connectivity index (χ0) is 20.8. The van der Waals surface area contributed by atoms with Crippen LogP contribution in [0.15, 0.2) is 77.4 Å². The molecule has 0 aliphatic carbocycles. The summed E-state index contributed by atoms with van der Waals surface area (Å²) >= 11 is 0. The van der Waals surface area contributed by atoms with Crippen molar-refractivity contribution in [2.24, 2.45) is 0 Å². The molecule has 0 atom stereocenters. The van der Waals surface area contributed by atoms with Crippen LogP contribution in [0.3, 0.4) is 0 Å². The van der Waals surface area contributed by atoms with Crippen LogP contribution in [0.4, 0.5) is 10.5 Å². The first-order valence-electron chi connectivity index (χ1n) is 10.2. The summed E-state index contributed by atoms with van der Waals surface area (Å²) in [6, 6.07) is 21.0. The van der Waals surface area contributed by atoms with E-state index in [-0.39, 0.29) is 11.9 Å². The molecule has 1 N–H and O–H groups in total. The third-order valence-electron chi connectivity index (χ3n) is 5.18. The maximum absolute atomic E-state index is 13.0. The standard InChI is InChI=1S/C24H25N3O3/c28-23-9-4-14-26(23)16-20-10-12-21(13-11-20)25-24(29)27(18-22-8-5-15-30-22)17-19-6-2-1-3-7-19/h1-3,5-8,10-13,15H,4,9,14,16-18H2,(H,25,29). The Bertz CT molecular complexity index is 969. The third kappa shape index (κ3) is 5.08. The highest BCUT2D eigenvalue weighted by Gasteiger charge is 2.20. The summed E-state index contributed by atoms with van der Waals surface area (Å²) in [5.74, 6) is 0.938. The Morgan fingerprint density at radius 1 is 0.967 bits per heavy atom. The van der Waals surface area contributed by atoms with Gasteiger partial charge < -0.3 is 19.5 Å². The zero-order valence-corrected chi connectivity index (χ0v) is 16.8. The summed E-state index contributed by atoms with van der Waals surface area (Å²) < 4.78 is 5.44. The van der Waals surface area contributed by atoms with Gasteiger partial charge in [-0.25, -0.2) is 4.79 Å². The van der Waals surface area contributed by atoms with E-state index in [1.165, 1.54) is 0 Å². The van der Waals surface area contributed by atoms with E-state index in [0.29, 0.717) is 31.7 Å². The summed E-state index contributed by atoms with van der Waals surface area (Å²) in [6.07, 6.45) is 3.18. The van der Waals surface area contributed by atoms with Crippen molar-refractivity contribution in [2.75, 3.05) is 11.9 Å². The van der Waals surface area contributed by atoms with Gasteiger partial charge in [0.15, 0.2) is 0 Å². The second-order valence-corrected chi connectivity index (χ2v) is 7.47. The van der Waals surface area contributed by atoms with Crippen molar-refractivity contribution in [3.63, 3.8) is 0 Å². The first-order valence-corrected chi connectivity index (χ1v) is 10.2. The Kier molecular flexibility index (Phi) is 6.13. The molecule has 1 aromatic heterocycles. The van der Waals surface area contributed by atoms with Crippen molar-refractivity contribution in [3.05, 3.63) is 89.9 Å². The van der Waals surface area contributed by atoms with Crippen LogP contribution in [-0.2, 0) is 24.4 Å². The number of carbonyl (C=O) groups is 2. The molecule has 0 unspecified atom stereocenters. The number of carbonyl (C=O) groups excluding carboxylic acids is 2. The predicted molar refractivity (Wildman–Crippen MR) is 115 cm³/mol. The zero-order valence-electron chi connectivity index (χ0n) is 16.8. The molecule has 6 nitrogen and oxygen atoms in total. The Labute approximate surface area is 176 Å². The summed E-state index contributed by atoms with van der Waals surface area (Å²) in [5.41, 5.74) is 2.82. The average Bonchev–Trinajstić information content (AvgIpc) is 3.42. The lowest BCUT2D eigenvalue weighted by atomic mass is 10.2. The van der Waals surface area contributed by atoms with E-state index < -0.39 is 0 Å². The number of likely N-dealkylation sites (tertiary alicyclic amines) is 1. The molecular formula is C24H25N3O3. The number of hydrogen-bond acceptors (Lipinski definition) is 3. The minimum absolute atomic E-state index is 0.197. The molecule has 0 radical (unpaired) electrons. The molecule has 1 aliphatic heterocycles. The number of nitrogens with zero attached hydrogens (tertiary/aromatic N) is 2. The van der Waals surface area contributed by atoms with Gasteiger partial charge in [0.05, 0.1) is 12.8 Å². The number of anilines is 1. The van der Waals surface area contributed by atoms with Crippen LogP contribution in [0.25, 0.3) is 0 Å². The van der Waals surface area contributed by atoms with Crippen molar-refractivity contribution in [1.29, 1.82) is 0 Å². The van der Waals surface area contributed by atoms with E-state index in [1.54, 1.807) is 11.2 Å². The summed E-state index contributed by atoms with van der Waals surface area (Å²) in [5, 5.41) is 2.97. The number of hydrogen-bond donors (Lipinski definition) is 1. The SMILES string of the molecule is O=C1CCCN1Cc1ccc(NC(=O)N(Cc2ccccc2)Cc2ccco2)cc1. The molecule has 154 valence electrons. The van der Waals surface area contributed by atoms with Gasteiger partial charge >= 0.3 is 6.03 Å². The van der Waals surface area contributed by atoms with E-state index in [1.807, 2.05) is 71.6 Å². The van der Waals surface area contributed by atoms with Gasteiger partial charge in [0.2, 0.25) is 5.91 Å². The Balaban J connectivity index is 1.41. The van der Waals surface area contributed by atoms with Crippen molar-refractivity contribution in [1.82, 2.24) is 9.80 Å². The normalized spacial score (nSPS) is 13.5. The van der Waals surface area contributed by atoms with Crippen LogP contribution in [0.2, 0.25) is 0 Å². The number of furan rings is 1. The van der Waals surface area contributed by atoms with Crippen molar-refractivity contribution < 1.29 is 14.0 Å². The largest absolute Gasteiger partial charge is 0.467 e. The molecule has 3 amide bonds. The minimum atomic E-state index is -0.197. The fourth-order valence-electron chi connectivity index (χ4n) is 3.58. The molecule has 0 bridgehead atoms. The molecule has 6 heteroatoms. The Morgan fingerprint density at radius 2 is 1.77 bits per heavy atom. The van der Waals surface area contributed by atoms with E-state index in [9.17, 15) is 9.59 Å². The predicted octanol–water partition coefficient (Wildman–Crippen LogP) is 4.64. The lowest BCUT2D eigenvalue weighted by molar-refractivity contribution is -0.128. The van der Waals surface area contributed by atoms with Crippen molar-refractivity contribution in [3.8, 4) is 0 Å². The van der Waals surface area contributed by atoms with Gasteiger partial charge in [0.25, 0.3) is 0 Å². The van der Waals surface area contributed by atoms with E-state index in [4.69, 9.17) is 4.42 Å². The second-order valence-electron chi connectivity index (χ2n) is 7.47. The molecule has 3 aromatic rings. The second kappa shape index (κ2) is 9.31. The van der Waals surface area contributed by atoms with E-state index in [2.05, 4.69) is 5.32 Å². The maximum atomic E-state index is 13.0. The number of rotatable bonds is 7. The molecule has 4 rings (SSSR count). The summed E-state index contributed by atoms with van der Waals surface area (Å²) in [6.45, 7) is 2.29. The minimum Gasteiger partial charge on any atom is -0.467 e. The fourth-order valence-corrected chi connectivity index (χ4v) is 3.58. The first kappa shape index (κ1) is 19.8. The smallest absolute Gasteiger partial charge is 0.322 e. The maximum Gasteiger partial charge on any atom is 0.322 e. The lowest BCUT2D eigenvalue weighted by Crippen LogP contribution is -2.34. The van der Waals surface area contributed by atoms with E-state index in [0.717, 1.165) is 29.9 Å². The molecule has 1 aliphatic rings. The Morgan fingerprint density at radius 3 is 2.43 bits per heavy atom. The highest BCUT2D eigenvalue weighted by Crippen LogP contribution is 2.18. The highest BCUT2D eigenvalue weighted by molar-refractivity contribution is 5.89. The van der Waals surface area contributed by atoms with Crippen LogP contribution in [0.1, 0.15) is 29.7 Å². The topological polar surface area (TPSA) is 65.8 Å². The molecule has 30 heavy (non-hydrogen) atoms. The molecule has 1 fully saturated rings. The van der Waals surface area contributed by atoms with Crippen LogP contribution in [-0.4, -0.2) is 28.3 Å². The summed E-state index contributed by atoms with van der Waals surface area (Å²) in [4.78, 5) is 28.4.